The van der Waals surface area contributed by atoms with E-state index < -0.39 is 17.6 Å². The fourth-order valence-electron chi connectivity index (χ4n) is 2.60. The average molecular weight is 345 g/mol. The summed E-state index contributed by atoms with van der Waals surface area (Å²) in [4.78, 5) is 28.6. The van der Waals surface area contributed by atoms with Crippen molar-refractivity contribution in [1.82, 2.24) is 24.5 Å². The number of hydrogen-bond donors (Lipinski definition) is 0. The second-order valence-corrected chi connectivity index (χ2v) is 5.41. The lowest BCUT2D eigenvalue weighted by molar-refractivity contribution is -0.144. The van der Waals surface area contributed by atoms with Crippen LogP contribution in [0.2, 0.25) is 0 Å². The normalized spacial score (nSPS) is 12.3. The number of aromatic nitrogens is 5. The van der Waals surface area contributed by atoms with Gasteiger partial charge in [-0.3, -0.25) is 9.36 Å². The molecule has 1 atom stereocenters. The van der Waals surface area contributed by atoms with Crippen molar-refractivity contribution in [2.45, 2.75) is 25.9 Å². The summed E-state index contributed by atoms with van der Waals surface area (Å²) < 4.78 is 21.0. The minimum atomic E-state index is -0.786. The van der Waals surface area contributed by atoms with Crippen molar-refractivity contribution in [3.63, 3.8) is 0 Å². The monoisotopic (exact) mass is 345 g/mol. The number of carbonyl (C=O) groups excluding carboxylic acids is 1. The highest BCUT2D eigenvalue weighted by Crippen LogP contribution is 2.14. The Kier molecular flexibility index (Phi) is 4.55. The van der Waals surface area contributed by atoms with Gasteiger partial charge >= 0.3 is 5.97 Å². The smallest absolute Gasteiger partial charge is 0.329 e. The summed E-state index contributed by atoms with van der Waals surface area (Å²) in [5, 5.41) is 7.74. The summed E-state index contributed by atoms with van der Waals surface area (Å²) in [6.07, 6.45) is 1.63. The van der Waals surface area contributed by atoms with Crippen LogP contribution < -0.4 is 5.56 Å². The quantitative estimate of drug-likeness (QED) is 0.647. The maximum Gasteiger partial charge on any atom is 0.329 e. The molecule has 2 aromatic heterocycles. The molecule has 0 fully saturated rings. The second-order valence-electron chi connectivity index (χ2n) is 5.41. The molecule has 0 aliphatic rings. The van der Waals surface area contributed by atoms with E-state index in [1.165, 1.54) is 28.8 Å². The van der Waals surface area contributed by atoms with Crippen LogP contribution in [0.4, 0.5) is 4.39 Å². The summed E-state index contributed by atoms with van der Waals surface area (Å²) >= 11 is 0. The van der Waals surface area contributed by atoms with Crippen LogP contribution in [-0.2, 0) is 16.1 Å². The minimum Gasteiger partial charge on any atom is -0.467 e. The number of fused-ring (bicyclic) bond motifs is 1. The van der Waals surface area contributed by atoms with Crippen molar-refractivity contribution in [3.8, 4) is 0 Å². The molecule has 0 amide bonds. The highest BCUT2D eigenvalue weighted by Gasteiger charge is 2.23. The molecule has 0 bridgehead atoms. The van der Waals surface area contributed by atoms with Crippen LogP contribution in [0, 0.1) is 5.82 Å². The lowest BCUT2D eigenvalue weighted by Crippen LogP contribution is -2.30. The highest BCUT2D eigenvalue weighted by atomic mass is 19.1. The Morgan fingerprint density at radius 2 is 2.12 bits per heavy atom. The topological polar surface area (TPSA) is 91.9 Å². The van der Waals surface area contributed by atoms with Crippen molar-refractivity contribution < 1.29 is 13.9 Å². The lowest BCUT2D eigenvalue weighted by atomic mass is 10.2. The third-order valence-electron chi connectivity index (χ3n) is 3.92. The van der Waals surface area contributed by atoms with Gasteiger partial charge in [-0.25, -0.2) is 18.9 Å². The zero-order valence-electron chi connectivity index (χ0n) is 13.7. The number of carbonyl (C=O) groups is 1. The number of benzene rings is 1. The number of rotatable bonds is 5. The van der Waals surface area contributed by atoms with Gasteiger partial charge in [-0.15, -0.1) is 5.10 Å². The molecule has 3 aromatic rings. The first-order valence-electron chi connectivity index (χ1n) is 7.68. The van der Waals surface area contributed by atoms with Gasteiger partial charge in [0.2, 0.25) is 0 Å². The molecular weight excluding hydrogens is 329 g/mol. The van der Waals surface area contributed by atoms with E-state index >= 15 is 0 Å². The van der Waals surface area contributed by atoms with Gasteiger partial charge < -0.3 is 4.74 Å². The molecule has 130 valence electrons. The summed E-state index contributed by atoms with van der Waals surface area (Å²) in [5.41, 5.74) is 0.147. The van der Waals surface area contributed by atoms with E-state index in [-0.39, 0.29) is 23.5 Å². The van der Waals surface area contributed by atoms with Crippen LogP contribution in [0.5, 0.6) is 0 Å². The Labute approximate surface area is 141 Å². The largest absolute Gasteiger partial charge is 0.467 e. The van der Waals surface area contributed by atoms with E-state index in [0.717, 1.165) is 0 Å². The Hall–Kier alpha value is -3.10. The molecule has 0 saturated heterocycles. The maximum absolute atomic E-state index is 13.8. The summed E-state index contributed by atoms with van der Waals surface area (Å²) in [7, 11) is 1.26. The second kappa shape index (κ2) is 6.80. The summed E-state index contributed by atoms with van der Waals surface area (Å²) in [5.74, 6) is -0.916. The molecule has 1 unspecified atom stereocenters. The number of ether oxygens (including phenoxy) is 1. The van der Waals surface area contributed by atoms with E-state index in [1.807, 2.05) is 0 Å². The number of esters is 1. The molecule has 3 rings (SSSR count). The highest BCUT2D eigenvalue weighted by molar-refractivity contribution is 5.75. The standard InChI is InChI=1S/C16H16FN5O3/c1-3-12(16(24)25-2)21-9-18-14-13(15(21)23)19-20-22(14)8-10-6-4-5-7-11(10)17/h4-7,9,12H,3,8H2,1-2H3. The molecule has 0 spiro atoms. The first-order chi connectivity index (χ1) is 12.1. The van der Waals surface area contributed by atoms with Crippen molar-refractivity contribution in [1.29, 1.82) is 0 Å². The number of halogens is 1. The third-order valence-corrected chi connectivity index (χ3v) is 3.92. The molecular formula is C16H16FN5O3. The summed E-state index contributed by atoms with van der Waals surface area (Å²) in [6, 6.07) is 5.48. The summed E-state index contributed by atoms with van der Waals surface area (Å²) in [6.45, 7) is 1.85. The zero-order chi connectivity index (χ0) is 18.0. The third kappa shape index (κ3) is 3.00. The van der Waals surface area contributed by atoms with Gasteiger partial charge in [0.05, 0.1) is 13.7 Å². The van der Waals surface area contributed by atoms with Gasteiger partial charge in [0.25, 0.3) is 5.56 Å². The fraction of sp³-hybridized carbons (Fsp3) is 0.312. The van der Waals surface area contributed by atoms with E-state index in [9.17, 15) is 14.0 Å². The first kappa shape index (κ1) is 16.7. The Balaban J connectivity index is 2.04. The Morgan fingerprint density at radius 1 is 1.36 bits per heavy atom. The lowest BCUT2D eigenvalue weighted by Gasteiger charge is -2.14. The Morgan fingerprint density at radius 3 is 2.80 bits per heavy atom. The van der Waals surface area contributed by atoms with E-state index in [0.29, 0.717) is 12.0 Å². The maximum atomic E-state index is 13.8. The molecule has 0 N–H and O–H groups in total. The predicted octanol–water partition coefficient (Wildman–Crippen LogP) is 1.30. The fourth-order valence-corrected chi connectivity index (χ4v) is 2.60. The molecule has 0 aliphatic carbocycles. The van der Waals surface area contributed by atoms with Crippen LogP contribution in [0.25, 0.3) is 11.2 Å². The zero-order valence-corrected chi connectivity index (χ0v) is 13.7. The van der Waals surface area contributed by atoms with Gasteiger partial charge in [0, 0.05) is 5.56 Å². The molecule has 25 heavy (non-hydrogen) atoms. The molecule has 8 nitrogen and oxygen atoms in total. The number of methoxy groups -OCH3 is 1. The van der Waals surface area contributed by atoms with Gasteiger partial charge in [-0.1, -0.05) is 30.3 Å². The Bertz CT molecular complexity index is 981. The van der Waals surface area contributed by atoms with Crippen LogP contribution >= 0.6 is 0 Å². The van der Waals surface area contributed by atoms with E-state index in [4.69, 9.17) is 4.74 Å². The first-order valence-corrected chi connectivity index (χ1v) is 7.68. The van der Waals surface area contributed by atoms with E-state index in [2.05, 4.69) is 15.3 Å². The van der Waals surface area contributed by atoms with Gasteiger partial charge in [0.1, 0.15) is 18.2 Å². The van der Waals surface area contributed by atoms with Gasteiger partial charge in [-0.05, 0) is 12.5 Å². The van der Waals surface area contributed by atoms with Gasteiger partial charge in [0.15, 0.2) is 11.2 Å². The van der Waals surface area contributed by atoms with Crippen molar-refractivity contribution in [3.05, 3.63) is 52.3 Å². The average Bonchev–Trinajstić information content (AvgIpc) is 3.03. The van der Waals surface area contributed by atoms with Crippen LogP contribution in [0.15, 0.2) is 35.4 Å². The van der Waals surface area contributed by atoms with Crippen LogP contribution in [0.1, 0.15) is 24.9 Å². The SMILES string of the molecule is CCC(C(=O)OC)n1cnc2c(nnn2Cc2ccccc2F)c1=O. The van der Waals surface area contributed by atoms with Crippen LogP contribution in [0.3, 0.4) is 0 Å². The molecule has 1 aromatic carbocycles. The number of hydrogen-bond acceptors (Lipinski definition) is 6. The van der Waals surface area contributed by atoms with Crippen molar-refractivity contribution >= 4 is 17.1 Å². The minimum absolute atomic E-state index is 0.0150. The molecule has 0 aliphatic heterocycles. The van der Waals surface area contributed by atoms with Crippen molar-refractivity contribution in [2.75, 3.05) is 7.11 Å². The number of nitrogens with zero attached hydrogens (tertiary/aromatic N) is 5. The predicted molar refractivity (Wildman–Crippen MR) is 86.4 cm³/mol. The van der Waals surface area contributed by atoms with Crippen LogP contribution in [-0.4, -0.2) is 37.6 Å². The molecule has 0 saturated carbocycles. The molecule has 9 heteroatoms. The van der Waals surface area contributed by atoms with E-state index in [1.54, 1.807) is 25.1 Å². The van der Waals surface area contributed by atoms with Crippen molar-refractivity contribution in [2.24, 2.45) is 0 Å². The van der Waals surface area contributed by atoms with Gasteiger partial charge in [-0.2, -0.15) is 0 Å². The molecule has 0 radical (unpaired) electrons. The molecule has 2 heterocycles.